The second kappa shape index (κ2) is 6.94. The Morgan fingerprint density at radius 2 is 2.36 bits per heavy atom. The number of rotatable bonds is 6. The summed E-state index contributed by atoms with van der Waals surface area (Å²) in [5.74, 6) is 0.321. The lowest BCUT2D eigenvalue weighted by atomic mass is 10.2. The van der Waals surface area contributed by atoms with Crippen LogP contribution in [0.5, 0.6) is 5.75 Å². The lowest BCUT2D eigenvalue weighted by Gasteiger charge is -2.00. The van der Waals surface area contributed by atoms with E-state index in [1.165, 1.54) is 29.1 Å². The number of nitrogens with one attached hydrogen (secondary N) is 1. The molecular formula is C13H15N5O3S. The van der Waals surface area contributed by atoms with Crippen LogP contribution in [-0.4, -0.2) is 31.1 Å². The van der Waals surface area contributed by atoms with Crippen molar-refractivity contribution >= 4 is 24.1 Å². The fourth-order valence-electron chi connectivity index (χ4n) is 1.83. The molecule has 0 aliphatic heterocycles. The van der Waals surface area contributed by atoms with E-state index in [0.29, 0.717) is 16.2 Å². The van der Waals surface area contributed by atoms with Gasteiger partial charge in [0.1, 0.15) is 0 Å². The van der Waals surface area contributed by atoms with E-state index in [2.05, 4.69) is 22.2 Å². The number of unbranched alkanes of at least 4 members (excludes halogenated alkanes) is 1. The summed E-state index contributed by atoms with van der Waals surface area (Å²) in [5.41, 5.74) is 0.111. The third kappa shape index (κ3) is 3.55. The maximum Gasteiger partial charge on any atom is 0.311 e. The number of H-pyrrole nitrogens is 1. The van der Waals surface area contributed by atoms with E-state index in [4.69, 9.17) is 12.2 Å². The minimum atomic E-state index is -0.650. The molecule has 0 amide bonds. The molecule has 9 heteroatoms. The molecule has 8 nitrogen and oxygen atoms in total. The number of hydrogen-bond acceptors (Lipinski definition) is 6. The Morgan fingerprint density at radius 3 is 3.05 bits per heavy atom. The van der Waals surface area contributed by atoms with E-state index in [1.807, 2.05) is 0 Å². The lowest BCUT2D eigenvalue weighted by molar-refractivity contribution is -0.385. The fraction of sp³-hybridized carbons (Fsp3) is 0.308. The van der Waals surface area contributed by atoms with E-state index in [9.17, 15) is 15.2 Å². The molecule has 2 aromatic rings. The third-order valence-corrected chi connectivity index (χ3v) is 3.25. The summed E-state index contributed by atoms with van der Waals surface area (Å²) < 4.78 is 1.85. The van der Waals surface area contributed by atoms with Crippen LogP contribution in [-0.2, 0) is 6.42 Å². The standard InChI is InChI=1S/C13H15N5O3S/c1-2-3-4-12-15-16-13(22)17(12)14-8-9-5-6-11(19)10(7-9)18(20)21/h5-8,19H,2-4H2,1H3,(H,16,22)/b14-8+. The molecule has 116 valence electrons. The Morgan fingerprint density at radius 1 is 1.59 bits per heavy atom. The van der Waals surface area contributed by atoms with E-state index < -0.39 is 4.92 Å². The van der Waals surface area contributed by atoms with E-state index in [-0.39, 0.29) is 11.4 Å². The van der Waals surface area contributed by atoms with Gasteiger partial charge in [0.05, 0.1) is 11.1 Å². The number of nitro groups is 1. The molecule has 22 heavy (non-hydrogen) atoms. The van der Waals surface area contributed by atoms with Crippen molar-refractivity contribution in [2.75, 3.05) is 0 Å². The molecule has 0 saturated carbocycles. The van der Waals surface area contributed by atoms with Crippen LogP contribution in [0.25, 0.3) is 0 Å². The normalized spacial score (nSPS) is 11.1. The van der Waals surface area contributed by atoms with Gasteiger partial charge in [-0.2, -0.15) is 14.9 Å². The Labute approximate surface area is 131 Å². The number of nitrogens with zero attached hydrogens (tertiary/aromatic N) is 4. The maximum absolute atomic E-state index is 10.8. The summed E-state index contributed by atoms with van der Waals surface area (Å²) in [6.07, 6.45) is 4.15. The molecule has 1 heterocycles. The van der Waals surface area contributed by atoms with Gasteiger partial charge in [-0.25, -0.2) is 0 Å². The molecule has 0 spiro atoms. The molecule has 1 aromatic carbocycles. The molecule has 0 fully saturated rings. The molecule has 2 N–H and O–H groups in total. The van der Waals surface area contributed by atoms with Crippen molar-refractivity contribution in [3.63, 3.8) is 0 Å². The number of aromatic amines is 1. The van der Waals surface area contributed by atoms with E-state index in [1.54, 1.807) is 0 Å². The van der Waals surface area contributed by atoms with Crippen LogP contribution in [0.4, 0.5) is 5.69 Å². The molecule has 0 unspecified atom stereocenters. The Kier molecular flexibility index (Phi) is 4.99. The van der Waals surface area contributed by atoms with E-state index >= 15 is 0 Å². The van der Waals surface area contributed by atoms with Crippen LogP contribution < -0.4 is 0 Å². The second-order valence-electron chi connectivity index (χ2n) is 4.61. The Bertz CT molecular complexity index is 765. The van der Waals surface area contributed by atoms with Gasteiger partial charge in [-0.3, -0.25) is 15.2 Å². The topological polar surface area (TPSA) is 109 Å². The van der Waals surface area contributed by atoms with Gasteiger partial charge in [0.2, 0.25) is 4.77 Å². The van der Waals surface area contributed by atoms with Crippen LogP contribution in [0, 0.1) is 14.9 Å². The average molecular weight is 321 g/mol. The highest BCUT2D eigenvalue weighted by Crippen LogP contribution is 2.25. The minimum Gasteiger partial charge on any atom is -0.502 e. The quantitative estimate of drug-likeness (QED) is 0.368. The SMILES string of the molecule is CCCCc1n[nH]c(=S)n1/N=C/c1ccc(O)c([N+](=O)[O-])c1. The summed E-state index contributed by atoms with van der Waals surface area (Å²) in [7, 11) is 0. The molecular weight excluding hydrogens is 306 g/mol. The zero-order valence-electron chi connectivity index (χ0n) is 11.9. The van der Waals surface area contributed by atoms with Gasteiger partial charge in [0, 0.05) is 18.1 Å². The number of aromatic hydroxyl groups is 1. The molecule has 0 aliphatic carbocycles. The number of benzene rings is 1. The first-order chi connectivity index (χ1) is 10.5. The zero-order valence-corrected chi connectivity index (χ0v) is 12.7. The van der Waals surface area contributed by atoms with Gasteiger partial charge < -0.3 is 5.11 Å². The molecule has 2 rings (SSSR count). The van der Waals surface area contributed by atoms with Gasteiger partial charge in [0.15, 0.2) is 11.6 Å². The van der Waals surface area contributed by atoms with Gasteiger partial charge in [-0.15, -0.1) is 0 Å². The number of phenolic OH excluding ortho intramolecular Hbond substituents is 1. The van der Waals surface area contributed by atoms with Crippen molar-refractivity contribution in [1.29, 1.82) is 0 Å². The summed E-state index contributed by atoms with van der Waals surface area (Å²) in [5, 5.41) is 31.2. The predicted molar refractivity (Wildman–Crippen MR) is 83.8 cm³/mol. The van der Waals surface area contributed by atoms with Crippen LogP contribution >= 0.6 is 12.2 Å². The number of aromatic nitrogens is 3. The summed E-state index contributed by atoms with van der Waals surface area (Å²) in [4.78, 5) is 10.1. The Hall–Kier alpha value is -2.55. The fourth-order valence-corrected chi connectivity index (χ4v) is 2.03. The third-order valence-electron chi connectivity index (χ3n) is 2.99. The molecule has 0 bridgehead atoms. The maximum atomic E-state index is 10.8. The van der Waals surface area contributed by atoms with Gasteiger partial charge in [-0.05, 0) is 30.8 Å². The van der Waals surface area contributed by atoms with Crippen LogP contribution in [0.1, 0.15) is 31.2 Å². The molecule has 0 aliphatic rings. The number of aryl methyl sites for hydroxylation is 1. The molecule has 1 aromatic heterocycles. The molecule has 0 radical (unpaired) electrons. The van der Waals surface area contributed by atoms with Crippen LogP contribution in [0.2, 0.25) is 0 Å². The summed E-state index contributed by atoms with van der Waals surface area (Å²) in [6.45, 7) is 2.07. The van der Waals surface area contributed by atoms with Crippen molar-refractivity contribution in [2.45, 2.75) is 26.2 Å². The van der Waals surface area contributed by atoms with Crippen LogP contribution in [0.15, 0.2) is 23.3 Å². The molecule has 0 atom stereocenters. The van der Waals surface area contributed by atoms with Gasteiger partial charge >= 0.3 is 5.69 Å². The van der Waals surface area contributed by atoms with Crippen molar-refractivity contribution in [3.05, 3.63) is 44.5 Å². The zero-order chi connectivity index (χ0) is 16.1. The second-order valence-corrected chi connectivity index (χ2v) is 5.00. The van der Waals surface area contributed by atoms with Crippen molar-refractivity contribution < 1.29 is 10.0 Å². The summed E-state index contributed by atoms with van der Waals surface area (Å²) >= 11 is 5.11. The van der Waals surface area contributed by atoms with E-state index in [0.717, 1.165) is 19.3 Å². The predicted octanol–water partition coefficient (Wildman–Crippen LogP) is 2.78. The van der Waals surface area contributed by atoms with Gasteiger partial charge in [-0.1, -0.05) is 13.3 Å². The highest BCUT2D eigenvalue weighted by atomic mass is 32.1. The molecule has 0 saturated heterocycles. The average Bonchev–Trinajstić information content (AvgIpc) is 2.84. The monoisotopic (exact) mass is 321 g/mol. The van der Waals surface area contributed by atoms with Crippen molar-refractivity contribution in [1.82, 2.24) is 14.9 Å². The van der Waals surface area contributed by atoms with Gasteiger partial charge in [0.25, 0.3) is 0 Å². The van der Waals surface area contributed by atoms with Crippen molar-refractivity contribution in [2.24, 2.45) is 5.10 Å². The Balaban J connectivity index is 2.29. The minimum absolute atomic E-state index is 0.357. The van der Waals surface area contributed by atoms with Crippen LogP contribution in [0.3, 0.4) is 0 Å². The number of phenols is 1. The number of hydrogen-bond donors (Lipinski definition) is 2. The summed E-state index contributed by atoms with van der Waals surface area (Å²) in [6, 6.07) is 4.03. The number of nitro benzene ring substituents is 1. The largest absolute Gasteiger partial charge is 0.502 e. The lowest BCUT2D eigenvalue weighted by Crippen LogP contribution is -1.99. The smallest absolute Gasteiger partial charge is 0.311 e. The highest BCUT2D eigenvalue weighted by molar-refractivity contribution is 7.71. The first kappa shape index (κ1) is 15.8. The highest BCUT2D eigenvalue weighted by Gasteiger charge is 2.13. The first-order valence-electron chi connectivity index (χ1n) is 6.71. The first-order valence-corrected chi connectivity index (χ1v) is 7.11. The van der Waals surface area contributed by atoms with Crippen molar-refractivity contribution in [3.8, 4) is 5.75 Å².